The number of hydrogen-bond acceptors (Lipinski definition) is 6. The number of esters is 1. The van der Waals surface area contributed by atoms with Gasteiger partial charge in [-0.1, -0.05) is 25.5 Å². The van der Waals surface area contributed by atoms with Crippen molar-refractivity contribution in [2.45, 2.75) is 32.1 Å². The van der Waals surface area contributed by atoms with E-state index in [9.17, 15) is 24.6 Å². The first-order valence-electron chi connectivity index (χ1n) is 9.28. The second-order valence-corrected chi connectivity index (χ2v) is 7.28. The molecule has 0 spiro atoms. The SMILES string of the molecule is CCC1CCc2c(cc3c(c2O)C(=O)c2c(O)cccc2C3=O)C1C(=O)OC. The highest BCUT2D eigenvalue weighted by molar-refractivity contribution is 6.30. The van der Waals surface area contributed by atoms with Crippen molar-refractivity contribution < 1.29 is 29.3 Å². The third-order valence-electron chi connectivity index (χ3n) is 5.98. The van der Waals surface area contributed by atoms with Gasteiger partial charge in [-0.3, -0.25) is 14.4 Å². The summed E-state index contributed by atoms with van der Waals surface area (Å²) in [4.78, 5) is 38.5. The first-order chi connectivity index (χ1) is 13.4. The van der Waals surface area contributed by atoms with Crippen molar-refractivity contribution in [2.24, 2.45) is 5.92 Å². The van der Waals surface area contributed by atoms with E-state index < -0.39 is 23.5 Å². The maximum atomic E-state index is 13.1. The predicted molar refractivity (Wildman–Crippen MR) is 99.9 cm³/mol. The van der Waals surface area contributed by atoms with Crippen LogP contribution >= 0.6 is 0 Å². The highest BCUT2D eigenvalue weighted by Gasteiger charge is 2.41. The van der Waals surface area contributed by atoms with E-state index in [0.29, 0.717) is 24.0 Å². The summed E-state index contributed by atoms with van der Waals surface area (Å²) >= 11 is 0. The van der Waals surface area contributed by atoms with E-state index in [-0.39, 0.29) is 39.7 Å². The topological polar surface area (TPSA) is 101 Å². The standard InChI is InChI=1S/C22H20O6/c1-3-10-7-8-11-13(16(10)22(27)28-2)9-14-18(20(11)25)21(26)17-12(19(14)24)5-4-6-15(17)23/h4-6,9-10,16,23,25H,3,7-8H2,1-2H3. The molecule has 0 aromatic heterocycles. The number of ketones is 2. The van der Waals surface area contributed by atoms with E-state index in [0.717, 1.165) is 6.42 Å². The van der Waals surface area contributed by atoms with Crippen LogP contribution in [0.5, 0.6) is 11.5 Å². The van der Waals surface area contributed by atoms with Crippen molar-refractivity contribution in [3.05, 3.63) is 57.6 Å². The van der Waals surface area contributed by atoms with Gasteiger partial charge in [0.05, 0.1) is 24.2 Å². The number of ether oxygens (including phenoxy) is 1. The quantitative estimate of drug-likeness (QED) is 0.663. The molecule has 0 saturated heterocycles. The summed E-state index contributed by atoms with van der Waals surface area (Å²) in [5, 5.41) is 21.0. The van der Waals surface area contributed by atoms with Crippen LogP contribution in [0.2, 0.25) is 0 Å². The van der Waals surface area contributed by atoms with Crippen molar-refractivity contribution >= 4 is 17.5 Å². The van der Waals surface area contributed by atoms with Crippen molar-refractivity contribution in [1.29, 1.82) is 0 Å². The lowest BCUT2D eigenvalue weighted by Crippen LogP contribution is -2.30. The minimum absolute atomic E-state index is 0.0307. The summed E-state index contributed by atoms with van der Waals surface area (Å²) in [7, 11) is 1.31. The van der Waals surface area contributed by atoms with Gasteiger partial charge in [0.15, 0.2) is 5.78 Å². The Morgan fingerprint density at radius 2 is 1.89 bits per heavy atom. The van der Waals surface area contributed by atoms with Gasteiger partial charge in [0, 0.05) is 11.1 Å². The van der Waals surface area contributed by atoms with E-state index in [4.69, 9.17) is 4.74 Å². The molecule has 6 heteroatoms. The number of hydrogen-bond donors (Lipinski definition) is 2. The van der Waals surface area contributed by atoms with E-state index in [1.54, 1.807) is 6.07 Å². The Labute approximate surface area is 161 Å². The Morgan fingerprint density at radius 3 is 2.57 bits per heavy atom. The smallest absolute Gasteiger partial charge is 0.313 e. The summed E-state index contributed by atoms with van der Waals surface area (Å²) in [5.41, 5.74) is 1.00. The first-order valence-corrected chi connectivity index (χ1v) is 9.28. The minimum atomic E-state index is -0.594. The zero-order chi connectivity index (χ0) is 20.2. The van der Waals surface area contributed by atoms with Crippen LogP contribution in [0.15, 0.2) is 24.3 Å². The number of phenolic OH excluding ortho intramolecular Hbond substituents is 2. The van der Waals surface area contributed by atoms with Gasteiger partial charge in [-0.25, -0.2) is 0 Å². The van der Waals surface area contributed by atoms with Gasteiger partial charge in [-0.05, 0) is 42.0 Å². The Hall–Kier alpha value is -3.15. The average molecular weight is 380 g/mol. The molecule has 2 aliphatic rings. The van der Waals surface area contributed by atoms with E-state index in [2.05, 4.69) is 0 Å². The van der Waals surface area contributed by atoms with Gasteiger partial charge in [0.1, 0.15) is 11.5 Å². The molecule has 144 valence electrons. The van der Waals surface area contributed by atoms with Crippen LogP contribution in [-0.2, 0) is 16.0 Å². The van der Waals surface area contributed by atoms with Crippen molar-refractivity contribution in [3.8, 4) is 11.5 Å². The van der Waals surface area contributed by atoms with Crippen LogP contribution in [0.25, 0.3) is 0 Å². The Bertz CT molecular complexity index is 1040. The molecule has 6 nitrogen and oxygen atoms in total. The minimum Gasteiger partial charge on any atom is -0.507 e. The normalized spacial score (nSPS) is 20.2. The molecule has 0 saturated carbocycles. The molecule has 2 aromatic rings. The van der Waals surface area contributed by atoms with Gasteiger partial charge >= 0.3 is 5.97 Å². The predicted octanol–water partition coefficient (Wildman–Crippen LogP) is 3.10. The summed E-state index contributed by atoms with van der Waals surface area (Å²) in [6.07, 6.45) is 1.91. The summed E-state index contributed by atoms with van der Waals surface area (Å²) < 4.78 is 4.98. The Balaban J connectivity index is 1.98. The molecule has 0 heterocycles. The van der Waals surface area contributed by atoms with Crippen molar-refractivity contribution in [1.82, 2.24) is 0 Å². The summed E-state index contributed by atoms with van der Waals surface area (Å²) in [6, 6.07) is 5.86. The molecule has 0 bridgehead atoms. The molecule has 4 rings (SSSR count). The van der Waals surface area contributed by atoms with Crippen LogP contribution in [-0.4, -0.2) is 34.9 Å². The largest absolute Gasteiger partial charge is 0.507 e. The second-order valence-electron chi connectivity index (χ2n) is 7.28. The average Bonchev–Trinajstić information content (AvgIpc) is 2.70. The molecule has 0 fully saturated rings. The lowest BCUT2D eigenvalue weighted by Gasteiger charge is -2.33. The van der Waals surface area contributed by atoms with E-state index in [1.165, 1.54) is 25.3 Å². The first kappa shape index (κ1) is 18.2. The molecule has 0 amide bonds. The number of rotatable bonds is 2. The maximum absolute atomic E-state index is 13.1. The fraction of sp³-hybridized carbons (Fsp3) is 0.318. The zero-order valence-corrected chi connectivity index (χ0v) is 15.6. The molecule has 2 aliphatic carbocycles. The monoisotopic (exact) mass is 380 g/mol. The third kappa shape index (κ3) is 2.37. The van der Waals surface area contributed by atoms with Crippen molar-refractivity contribution in [2.75, 3.05) is 7.11 Å². The number of benzene rings is 2. The number of carbonyl (C=O) groups is 3. The lowest BCUT2D eigenvalue weighted by molar-refractivity contribution is -0.144. The molecule has 0 aliphatic heterocycles. The Kier molecular flexibility index (Phi) is 4.22. The second kappa shape index (κ2) is 6.48. The van der Waals surface area contributed by atoms with Gasteiger partial charge < -0.3 is 14.9 Å². The molecule has 2 N–H and O–H groups in total. The van der Waals surface area contributed by atoms with Gasteiger partial charge in [0.2, 0.25) is 5.78 Å². The molecule has 0 radical (unpaired) electrons. The van der Waals surface area contributed by atoms with Crippen LogP contribution in [0.3, 0.4) is 0 Å². The molecular formula is C22H20O6. The fourth-order valence-electron chi connectivity index (χ4n) is 4.55. The highest BCUT2D eigenvalue weighted by Crippen LogP contribution is 2.46. The van der Waals surface area contributed by atoms with Crippen LogP contribution < -0.4 is 0 Å². The lowest BCUT2D eigenvalue weighted by atomic mass is 9.70. The Morgan fingerprint density at radius 1 is 1.14 bits per heavy atom. The summed E-state index contributed by atoms with van der Waals surface area (Å²) in [5.74, 6) is -2.59. The third-order valence-corrected chi connectivity index (χ3v) is 5.98. The fourth-order valence-corrected chi connectivity index (χ4v) is 4.55. The van der Waals surface area contributed by atoms with Crippen molar-refractivity contribution in [3.63, 3.8) is 0 Å². The number of aromatic hydroxyl groups is 2. The van der Waals surface area contributed by atoms with Crippen LogP contribution in [0.1, 0.15) is 68.7 Å². The van der Waals surface area contributed by atoms with E-state index >= 15 is 0 Å². The number of fused-ring (bicyclic) bond motifs is 3. The van der Waals surface area contributed by atoms with Gasteiger partial charge in [0.25, 0.3) is 0 Å². The highest BCUT2D eigenvalue weighted by atomic mass is 16.5. The number of carbonyl (C=O) groups excluding carboxylic acids is 3. The van der Waals surface area contributed by atoms with Crippen LogP contribution in [0, 0.1) is 5.92 Å². The van der Waals surface area contributed by atoms with E-state index in [1.807, 2.05) is 6.92 Å². The van der Waals surface area contributed by atoms with Gasteiger partial charge in [-0.15, -0.1) is 0 Å². The number of methoxy groups -OCH3 is 1. The zero-order valence-electron chi connectivity index (χ0n) is 15.6. The summed E-state index contributed by atoms with van der Waals surface area (Å²) in [6.45, 7) is 1.98. The molecule has 28 heavy (non-hydrogen) atoms. The molecule has 2 unspecified atom stereocenters. The van der Waals surface area contributed by atoms with Gasteiger partial charge in [-0.2, -0.15) is 0 Å². The van der Waals surface area contributed by atoms with Crippen LogP contribution in [0.4, 0.5) is 0 Å². The molecular weight excluding hydrogens is 360 g/mol. The maximum Gasteiger partial charge on any atom is 0.313 e. The molecule has 2 aromatic carbocycles. The number of phenols is 2. The molecule has 2 atom stereocenters.